The van der Waals surface area contributed by atoms with Crippen LogP contribution in [0.3, 0.4) is 0 Å². The van der Waals surface area contributed by atoms with E-state index in [-0.39, 0.29) is 11.5 Å². The second-order valence-electron chi connectivity index (χ2n) is 9.99. The Hall–Kier alpha value is -0.510. The third-order valence-corrected chi connectivity index (χ3v) is 6.49. The summed E-state index contributed by atoms with van der Waals surface area (Å²) in [6, 6.07) is 10.4. The molecule has 2 nitrogen and oxygen atoms in total. The van der Waals surface area contributed by atoms with Gasteiger partial charge in [0.25, 0.3) is 0 Å². The second kappa shape index (κ2) is 19.0. The van der Waals surface area contributed by atoms with Crippen molar-refractivity contribution in [3.8, 4) is 0 Å². The van der Waals surface area contributed by atoms with Crippen LogP contribution in [0, 0.1) is 5.41 Å². The maximum absolute atomic E-state index is 6.20. The van der Waals surface area contributed by atoms with E-state index in [1.165, 1.54) is 81.3 Å². The van der Waals surface area contributed by atoms with Gasteiger partial charge in [0.2, 0.25) is 0 Å². The summed E-state index contributed by atoms with van der Waals surface area (Å²) >= 11 is 2.08. The molecule has 0 radical (unpaired) electrons. The first kappa shape index (κ1) is 28.5. The molecule has 0 saturated carbocycles. The molecular formula is C28H50O2S. The van der Waals surface area contributed by atoms with Gasteiger partial charge in [0.1, 0.15) is 0 Å². The number of benzene rings is 1. The van der Waals surface area contributed by atoms with E-state index >= 15 is 0 Å². The number of ether oxygens (including phenoxy) is 2. The Morgan fingerprint density at radius 3 is 1.97 bits per heavy atom. The van der Waals surface area contributed by atoms with E-state index in [2.05, 4.69) is 63.7 Å². The Balaban J connectivity index is 2.00. The highest BCUT2D eigenvalue weighted by atomic mass is 32.2. The van der Waals surface area contributed by atoms with Gasteiger partial charge >= 0.3 is 0 Å². The summed E-state index contributed by atoms with van der Waals surface area (Å²) < 4.78 is 12.2. The minimum absolute atomic E-state index is 0.167. The first-order valence-corrected chi connectivity index (χ1v) is 14.0. The van der Waals surface area contributed by atoms with Crippen molar-refractivity contribution in [3.05, 3.63) is 35.9 Å². The van der Waals surface area contributed by atoms with Crippen molar-refractivity contribution in [2.45, 2.75) is 111 Å². The van der Waals surface area contributed by atoms with Gasteiger partial charge in [0.15, 0.2) is 0 Å². The molecule has 0 aliphatic carbocycles. The summed E-state index contributed by atoms with van der Waals surface area (Å²) in [5.41, 5.74) is 1.48. The van der Waals surface area contributed by atoms with E-state index in [1.54, 1.807) is 0 Å². The number of unbranched alkanes of at least 4 members (excludes halogenated alkanes) is 9. The topological polar surface area (TPSA) is 18.5 Å². The molecule has 31 heavy (non-hydrogen) atoms. The molecule has 0 amide bonds. The molecule has 180 valence electrons. The molecule has 0 aliphatic heterocycles. The van der Waals surface area contributed by atoms with Crippen LogP contribution in [0.2, 0.25) is 0 Å². The lowest BCUT2D eigenvalue weighted by molar-refractivity contribution is -0.0430. The summed E-state index contributed by atoms with van der Waals surface area (Å²) in [5.74, 6) is 2.62. The standard InChI is InChI=1S/C28H50O2S/c1-5-31-22-18-13-11-9-7-6-8-10-12-17-21-29-25-27(23-28(2,3)4)30-24-26-19-15-14-16-20-26/h14-16,19-20,27H,5-13,17-18,21-25H2,1-4H3. The van der Waals surface area contributed by atoms with Crippen LogP contribution >= 0.6 is 11.8 Å². The monoisotopic (exact) mass is 450 g/mol. The van der Waals surface area contributed by atoms with Gasteiger partial charge in [-0.1, -0.05) is 109 Å². The zero-order valence-corrected chi connectivity index (χ0v) is 21.8. The Morgan fingerprint density at radius 1 is 0.806 bits per heavy atom. The van der Waals surface area contributed by atoms with Crippen LogP contribution in [-0.4, -0.2) is 30.8 Å². The van der Waals surface area contributed by atoms with E-state index in [0.29, 0.717) is 13.2 Å². The van der Waals surface area contributed by atoms with Crippen molar-refractivity contribution in [2.24, 2.45) is 5.41 Å². The molecule has 0 N–H and O–H groups in total. The zero-order valence-electron chi connectivity index (χ0n) is 21.0. The van der Waals surface area contributed by atoms with E-state index in [9.17, 15) is 0 Å². The molecule has 1 rings (SSSR count). The Bertz CT molecular complexity index is 497. The molecule has 0 spiro atoms. The van der Waals surface area contributed by atoms with Gasteiger partial charge in [-0.2, -0.15) is 11.8 Å². The van der Waals surface area contributed by atoms with Crippen LogP contribution in [-0.2, 0) is 16.1 Å². The first-order chi connectivity index (χ1) is 15.0. The summed E-state index contributed by atoms with van der Waals surface area (Å²) in [4.78, 5) is 0. The maximum Gasteiger partial charge on any atom is 0.0818 e. The highest BCUT2D eigenvalue weighted by molar-refractivity contribution is 7.99. The van der Waals surface area contributed by atoms with Gasteiger partial charge in [0, 0.05) is 6.61 Å². The fourth-order valence-electron chi connectivity index (χ4n) is 3.82. The molecule has 1 aromatic carbocycles. The molecule has 0 bridgehead atoms. The van der Waals surface area contributed by atoms with Gasteiger partial charge in [-0.25, -0.2) is 0 Å². The highest BCUT2D eigenvalue weighted by Crippen LogP contribution is 2.23. The quantitative estimate of drug-likeness (QED) is 0.185. The predicted octanol–water partition coefficient (Wildman–Crippen LogP) is 8.68. The maximum atomic E-state index is 6.20. The third-order valence-electron chi connectivity index (χ3n) is 5.50. The number of hydrogen-bond acceptors (Lipinski definition) is 3. The van der Waals surface area contributed by atoms with Crippen molar-refractivity contribution in [1.29, 1.82) is 0 Å². The van der Waals surface area contributed by atoms with Crippen molar-refractivity contribution in [2.75, 3.05) is 24.7 Å². The van der Waals surface area contributed by atoms with Crippen molar-refractivity contribution in [3.63, 3.8) is 0 Å². The van der Waals surface area contributed by atoms with Crippen LogP contribution in [0.25, 0.3) is 0 Å². The van der Waals surface area contributed by atoms with Crippen LogP contribution in [0.1, 0.15) is 104 Å². The smallest absolute Gasteiger partial charge is 0.0818 e. The van der Waals surface area contributed by atoms with Crippen LogP contribution in [0.4, 0.5) is 0 Å². The lowest BCUT2D eigenvalue weighted by Gasteiger charge is -2.26. The average Bonchev–Trinajstić information content (AvgIpc) is 2.74. The molecule has 0 aromatic heterocycles. The van der Waals surface area contributed by atoms with Crippen LogP contribution in [0.15, 0.2) is 30.3 Å². The lowest BCUT2D eigenvalue weighted by Crippen LogP contribution is -2.26. The highest BCUT2D eigenvalue weighted by Gasteiger charge is 2.19. The fourth-order valence-corrected chi connectivity index (χ4v) is 4.52. The normalized spacial score (nSPS) is 12.9. The van der Waals surface area contributed by atoms with Gasteiger partial charge in [-0.05, 0) is 41.7 Å². The van der Waals surface area contributed by atoms with Crippen molar-refractivity contribution < 1.29 is 9.47 Å². The molecule has 0 aliphatic rings. The van der Waals surface area contributed by atoms with Gasteiger partial charge in [-0.15, -0.1) is 0 Å². The van der Waals surface area contributed by atoms with Crippen LogP contribution in [0.5, 0.6) is 0 Å². The summed E-state index contributed by atoms with van der Waals surface area (Å²) in [6.45, 7) is 11.3. The first-order valence-electron chi connectivity index (χ1n) is 12.8. The lowest BCUT2D eigenvalue weighted by atomic mass is 9.89. The number of hydrogen-bond donors (Lipinski definition) is 0. The Labute approximate surface area is 198 Å². The van der Waals surface area contributed by atoms with Gasteiger partial charge < -0.3 is 9.47 Å². The van der Waals surface area contributed by atoms with E-state index in [4.69, 9.17) is 9.47 Å². The molecule has 3 heteroatoms. The number of rotatable bonds is 20. The Morgan fingerprint density at radius 2 is 1.39 bits per heavy atom. The van der Waals surface area contributed by atoms with Gasteiger partial charge in [0.05, 0.1) is 19.3 Å². The minimum atomic E-state index is 0.167. The van der Waals surface area contributed by atoms with Crippen molar-refractivity contribution in [1.82, 2.24) is 0 Å². The second-order valence-corrected chi connectivity index (χ2v) is 11.4. The number of thioether (sulfide) groups is 1. The zero-order chi connectivity index (χ0) is 22.6. The molecule has 0 heterocycles. The predicted molar refractivity (Wildman–Crippen MR) is 139 cm³/mol. The Kier molecular flexibility index (Phi) is 17.5. The van der Waals surface area contributed by atoms with Crippen molar-refractivity contribution >= 4 is 11.8 Å². The molecule has 1 unspecified atom stereocenters. The summed E-state index contributed by atoms with van der Waals surface area (Å²) in [6.07, 6.45) is 14.9. The fraction of sp³-hybridized carbons (Fsp3) is 0.786. The minimum Gasteiger partial charge on any atom is -0.379 e. The van der Waals surface area contributed by atoms with E-state index in [1.807, 2.05) is 6.07 Å². The van der Waals surface area contributed by atoms with E-state index < -0.39 is 0 Å². The largest absolute Gasteiger partial charge is 0.379 e. The molecule has 1 atom stereocenters. The average molecular weight is 451 g/mol. The third kappa shape index (κ3) is 18.7. The van der Waals surface area contributed by atoms with E-state index in [0.717, 1.165) is 13.0 Å². The molecule has 1 aromatic rings. The molecular weight excluding hydrogens is 400 g/mol. The molecule has 0 fully saturated rings. The SMILES string of the molecule is CCSCCCCCCCCCCCCOCC(CC(C)(C)C)OCc1ccccc1. The summed E-state index contributed by atoms with van der Waals surface area (Å²) in [5, 5.41) is 0. The summed E-state index contributed by atoms with van der Waals surface area (Å²) in [7, 11) is 0. The van der Waals surface area contributed by atoms with Crippen LogP contribution < -0.4 is 0 Å². The molecule has 0 saturated heterocycles. The van der Waals surface area contributed by atoms with Gasteiger partial charge in [-0.3, -0.25) is 0 Å².